The molecular formula is C29H42N4O7. The molecule has 40 heavy (non-hydrogen) atoms. The number of esters is 1. The van der Waals surface area contributed by atoms with E-state index in [-0.39, 0.29) is 12.8 Å². The van der Waals surface area contributed by atoms with Crippen molar-refractivity contribution in [3.8, 4) is 0 Å². The molecule has 2 atom stereocenters. The van der Waals surface area contributed by atoms with E-state index >= 15 is 0 Å². The standard InChI is InChI=1S/C29H42N4O7/c1-27(2,3)38-24(35)22(15-19-13-11-10-12-14-19)31-23(34)21(32-25(36)39-28(4,5)6)16-20-17-33(18-30-20)26(37)40-29(7,8)9/h10-14,17-18,21-22H,15-16H2,1-9H3,(H,31,34)(H,32,36)/t21-,22-/m1/s1. The number of carbonyl (C=O) groups is 4. The van der Waals surface area contributed by atoms with Gasteiger partial charge in [0.15, 0.2) is 0 Å². The van der Waals surface area contributed by atoms with E-state index in [0.717, 1.165) is 10.1 Å². The zero-order valence-electron chi connectivity index (χ0n) is 24.9. The summed E-state index contributed by atoms with van der Waals surface area (Å²) in [6.45, 7) is 15.5. The fourth-order valence-corrected chi connectivity index (χ4v) is 3.44. The summed E-state index contributed by atoms with van der Waals surface area (Å²) in [5.74, 6) is -1.26. The molecular weight excluding hydrogens is 516 g/mol. The summed E-state index contributed by atoms with van der Waals surface area (Å²) in [6.07, 6.45) is 1.31. The van der Waals surface area contributed by atoms with Gasteiger partial charge in [0.2, 0.25) is 5.91 Å². The van der Waals surface area contributed by atoms with Crippen molar-refractivity contribution in [2.45, 2.75) is 104 Å². The number of carbonyl (C=O) groups excluding carboxylic acids is 4. The molecule has 11 nitrogen and oxygen atoms in total. The molecule has 2 amide bonds. The van der Waals surface area contributed by atoms with Crippen LogP contribution in [0.15, 0.2) is 42.9 Å². The molecule has 220 valence electrons. The SMILES string of the molecule is CC(C)(C)OC(=O)N[C@H](Cc1cn(C(=O)OC(C)(C)C)cn1)C(=O)N[C@H](Cc1ccccc1)C(=O)OC(C)(C)C. The Bertz CT molecular complexity index is 1170. The van der Waals surface area contributed by atoms with Crippen LogP contribution in [0.5, 0.6) is 0 Å². The molecule has 2 rings (SSSR count). The number of hydrogen-bond acceptors (Lipinski definition) is 8. The fraction of sp³-hybridized carbons (Fsp3) is 0.552. The number of imidazole rings is 1. The van der Waals surface area contributed by atoms with Gasteiger partial charge in [0.25, 0.3) is 0 Å². The van der Waals surface area contributed by atoms with Crippen molar-refractivity contribution in [2.24, 2.45) is 0 Å². The highest BCUT2D eigenvalue weighted by Gasteiger charge is 2.32. The third-order valence-electron chi connectivity index (χ3n) is 4.95. The molecule has 0 fully saturated rings. The quantitative estimate of drug-likeness (QED) is 0.364. The van der Waals surface area contributed by atoms with Gasteiger partial charge in [0.05, 0.1) is 5.69 Å². The summed E-state index contributed by atoms with van der Waals surface area (Å²) in [6, 6.07) is 6.97. The number of rotatable bonds is 8. The van der Waals surface area contributed by atoms with Crippen molar-refractivity contribution >= 4 is 24.1 Å². The molecule has 0 aliphatic rings. The Morgan fingerprint density at radius 1 is 0.775 bits per heavy atom. The highest BCUT2D eigenvalue weighted by molar-refractivity contribution is 5.90. The first-order chi connectivity index (χ1) is 18.3. The smallest absolute Gasteiger partial charge is 0.419 e. The van der Waals surface area contributed by atoms with Crippen LogP contribution in [0, 0.1) is 0 Å². The minimum Gasteiger partial charge on any atom is -0.458 e. The van der Waals surface area contributed by atoms with Crippen molar-refractivity contribution in [3.05, 3.63) is 54.1 Å². The van der Waals surface area contributed by atoms with E-state index in [9.17, 15) is 19.2 Å². The number of benzene rings is 1. The average Bonchev–Trinajstić information content (AvgIpc) is 3.24. The largest absolute Gasteiger partial charge is 0.458 e. The molecule has 11 heteroatoms. The predicted molar refractivity (Wildman–Crippen MR) is 149 cm³/mol. The molecule has 1 aromatic carbocycles. The second-order valence-electron chi connectivity index (χ2n) is 12.4. The monoisotopic (exact) mass is 558 g/mol. The van der Waals surface area contributed by atoms with Crippen LogP contribution >= 0.6 is 0 Å². The van der Waals surface area contributed by atoms with Gasteiger partial charge in [-0.1, -0.05) is 30.3 Å². The molecule has 0 bridgehead atoms. The molecule has 0 unspecified atom stereocenters. The second kappa shape index (κ2) is 13.0. The van der Waals surface area contributed by atoms with Gasteiger partial charge >= 0.3 is 18.2 Å². The summed E-state index contributed by atoms with van der Waals surface area (Å²) in [4.78, 5) is 55.8. The van der Waals surface area contributed by atoms with E-state index in [1.165, 1.54) is 12.5 Å². The molecule has 1 aromatic heterocycles. The number of nitrogens with zero attached hydrogens (tertiary/aromatic N) is 2. The molecule has 0 radical (unpaired) electrons. The van der Waals surface area contributed by atoms with E-state index in [2.05, 4.69) is 15.6 Å². The summed E-state index contributed by atoms with van der Waals surface area (Å²) in [7, 11) is 0. The van der Waals surface area contributed by atoms with Gasteiger partial charge < -0.3 is 24.8 Å². The minimum atomic E-state index is -1.18. The number of amides is 2. The summed E-state index contributed by atoms with van der Waals surface area (Å²) in [5.41, 5.74) is -1.15. The maximum atomic E-state index is 13.5. The number of aromatic nitrogens is 2. The Hall–Kier alpha value is -3.89. The maximum absolute atomic E-state index is 13.5. The topological polar surface area (TPSA) is 138 Å². The van der Waals surface area contributed by atoms with Crippen LogP contribution in [0.2, 0.25) is 0 Å². The average molecular weight is 559 g/mol. The number of ether oxygens (including phenoxy) is 3. The molecule has 0 saturated carbocycles. The first kappa shape index (κ1) is 32.3. The fourth-order valence-electron chi connectivity index (χ4n) is 3.44. The van der Waals surface area contributed by atoms with Crippen molar-refractivity contribution < 1.29 is 33.4 Å². The van der Waals surface area contributed by atoms with Crippen molar-refractivity contribution in [2.75, 3.05) is 0 Å². The van der Waals surface area contributed by atoms with Gasteiger partial charge in [-0.25, -0.2) is 23.9 Å². The van der Waals surface area contributed by atoms with Crippen LogP contribution in [0.3, 0.4) is 0 Å². The third kappa shape index (κ3) is 11.9. The van der Waals surface area contributed by atoms with E-state index in [4.69, 9.17) is 14.2 Å². The molecule has 1 heterocycles. The predicted octanol–water partition coefficient (Wildman–Crippen LogP) is 4.17. The Balaban J connectivity index is 2.30. The molecule has 2 N–H and O–H groups in total. The zero-order chi connectivity index (χ0) is 30.3. The highest BCUT2D eigenvalue weighted by atomic mass is 16.6. The van der Waals surface area contributed by atoms with E-state index < -0.39 is 52.9 Å². The lowest BCUT2D eigenvalue weighted by Crippen LogP contribution is -2.54. The van der Waals surface area contributed by atoms with Gasteiger partial charge in [-0.3, -0.25) is 4.79 Å². The summed E-state index contributed by atoms with van der Waals surface area (Å²) in [5, 5.41) is 5.29. The van der Waals surface area contributed by atoms with Gasteiger partial charge in [0.1, 0.15) is 35.2 Å². The molecule has 2 aromatic rings. The molecule has 0 saturated heterocycles. The van der Waals surface area contributed by atoms with Crippen LogP contribution in [-0.4, -0.2) is 62.5 Å². The van der Waals surface area contributed by atoms with E-state index in [0.29, 0.717) is 5.69 Å². The molecule has 0 aliphatic heterocycles. The molecule has 0 spiro atoms. The Morgan fingerprint density at radius 2 is 1.35 bits per heavy atom. The van der Waals surface area contributed by atoms with Crippen LogP contribution in [0.25, 0.3) is 0 Å². The van der Waals surface area contributed by atoms with Crippen LogP contribution in [0.4, 0.5) is 9.59 Å². The molecule has 0 aliphatic carbocycles. The first-order valence-corrected chi connectivity index (χ1v) is 13.1. The second-order valence-corrected chi connectivity index (χ2v) is 12.4. The number of alkyl carbamates (subject to hydrolysis) is 1. The number of hydrogen-bond donors (Lipinski definition) is 2. The third-order valence-corrected chi connectivity index (χ3v) is 4.95. The van der Waals surface area contributed by atoms with Gasteiger partial charge in [-0.15, -0.1) is 0 Å². The lowest BCUT2D eigenvalue weighted by atomic mass is 10.0. The van der Waals surface area contributed by atoms with E-state index in [1.807, 2.05) is 30.3 Å². The van der Waals surface area contributed by atoms with Gasteiger partial charge in [0, 0.05) is 19.0 Å². The lowest BCUT2D eigenvalue weighted by Gasteiger charge is -2.27. The highest BCUT2D eigenvalue weighted by Crippen LogP contribution is 2.14. The van der Waals surface area contributed by atoms with Gasteiger partial charge in [-0.2, -0.15) is 0 Å². The van der Waals surface area contributed by atoms with Crippen molar-refractivity contribution in [3.63, 3.8) is 0 Å². The Labute approximate surface area is 236 Å². The first-order valence-electron chi connectivity index (χ1n) is 13.1. The van der Waals surface area contributed by atoms with E-state index in [1.54, 1.807) is 62.3 Å². The summed E-state index contributed by atoms with van der Waals surface area (Å²) < 4.78 is 17.4. The van der Waals surface area contributed by atoms with Crippen molar-refractivity contribution in [1.29, 1.82) is 0 Å². The van der Waals surface area contributed by atoms with Crippen molar-refractivity contribution in [1.82, 2.24) is 20.2 Å². The normalized spacial score (nSPS) is 13.5. The van der Waals surface area contributed by atoms with Gasteiger partial charge in [-0.05, 0) is 67.9 Å². The van der Waals surface area contributed by atoms with Crippen LogP contribution < -0.4 is 10.6 Å². The van der Waals surface area contributed by atoms with Crippen LogP contribution in [0.1, 0.15) is 73.6 Å². The zero-order valence-corrected chi connectivity index (χ0v) is 24.9. The van der Waals surface area contributed by atoms with Crippen LogP contribution in [-0.2, 0) is 36.6 Å². The lowest BCUT2D eigenvalue weighted by molar-refractivity contribution is -0.158. The summed E-state index contributed by atoms with van der Waals surface area (Å²) >= 11 is 0. The Morgan fingerprint density at radius 3 is 1.90 bits per heavy atom. The minimum absolute atomic E-state index is 0.0900. The number of nitrogens with one attached hydrogen (secondary N) is 2. The Kier molecular flexibility index (Phi) is 10.5. The maximum Gasteiger partial charge on any atom is 0.419 e.